The fourth-order valence-electron chi connectivity index (χ4n) is 2.35. The molecule has 1 aromatic carbocycles. The zero-order chi connectivity index (χ0) is 14.9. The highest BCUT2D eigenvalue weighted by atomic mass is 16.6. The molecule has 0 bridgehead atoms. The monoisotopic (exact) mass is 280 g/mol. The summed E-state index contributed by atoms with van der Waals surface area (Å²) in [6.07, 6.45) is 2.48. The minimum atomic E-state index is -1.22. The molecule has 20 heavy (non-hydrogen) atoms. The number of hydrogen-bond donors (Lipinski definition) is 3. The quantitative estimate of drug-likeness (QED) is 0.561. The molecule has 2 rings (SSSR count). The molecule has 0 aromatic heterocycles. The smallest absolute Gasteiger partial charge is 0.336 e. The van der Waals surface area contributed by atoms with Crippen LogP contribution in [0.1, 0.15) is 35.2 Å². The van der Waals surface area contributed by atoms with E-state index in [2.05, 4.69) is 5.32 Å². The first kappa shape index (κ1) is 14.3. The first-order valence-electron chi connectivity index (χ1n) is 6.30. The Morgan fingerprint density at radius 3 is 2.55 bits per heavy atom. The molecule has 0 aliphatic heterocycles. The Balaban J connectivity index is 2.45. The Kier molecular flexibility index (Phi) is 3.63. The van der Waals surface area contributed by atoms with Gasteiger partial charge in [0.15, 0.2) is 0 Å². The van der Waals surface area contributed by atoms with Crippen LogP contribution in [0, 0.1) is 17.0 Å². The van der Waals surface area contributed by atoms with E-state index in [-0.39, 0.29) is 17.9 Å². The summed E-state index contributed by atoms with van der Waals surface area (Å²) in [6.45, 7) is 1.48. The molecule has 0 radical (unpaired) electrons. The van der Waals surface area contributed by atoms with Crippen LogP contribution in [0.4, 0.5) is 11.4 Å². The van der Waals surface area contributed by atoms with Gasteiger partial charge in [-0.3, -0.25) is 10.1 Å². The average molecular weight is 280 g/mol. The number of carboxylic acids is 1. The first-order valence-corrected chi connectivity index (χ1v) is 6.30. The number of nitro benzene ring substituents is 1. The number of aromatic carboxylic acids is 1. The van der Waals surface area contributed by atoms with Gasteiger partial charge in [0, 0.05) is 17.3 Å². The number of aliphatic hydroxyl groups is 1. The van der Waals surface area contributed by atoms with Gasteiger partial charge in [-0.2, -0.15) is 0 Å². The van der Waals surface area contributed by atoms with Crippen LogP contribution in [0.2, 0.25) is 0 Å². The maximum atomic E-state index is 11.1. The number of nitrogens with one attached hydrogen (secondary N) is 1. The van der Waals surface area contributed by atoms with Crippen molar-refractivity contribution in [3.05, 3.63) is 33.4 Å². The zero-order valence-corrected chi connectivity index (χ0v) is 11.0. The third kappa shape index (κ3) is 2.44. The number of nitro groups is 1. The van der Waals surface area contributed by atoms with Crippen LogP contribution in [-0.4, -0.2) is 33.3 Å². The largest absolute Gasteiger partial charge is 0.478 e. The zero-order valence-electron chi connectivity index (χ0n) is 11.0. The Morgan fingerprint density at radius 1 is 1.50 bits per heavy atom. The summed E-state index contributed by atoms with van der Waals surface area (Å²) < 4.78 is 0. The Hall–Kier alpha value is -2.15. The second-order valence-electron chi connectivity index (χ2n) is 5.15. The first-order chi connectivity index (χ1) is 9.38. The van der Waals surface area contributed by atoms with Crippen molar-refractivity contribution in [1.82, 2.24) is 0 Å². The molecular weight excluding hydrogens is 264 g/mol. The molecule has 1 aliphatic rings. The van der Waals surface area contributed by atoms with Gasteiger partial charge in [-0.15, -0.1) is 0 Å². The number of anilines is 1. The van der Waals surface area contributed by atoms with E-state index in [1.165, 1.54) is 6.07 Å². The Bertz CT molecular complexity index is 561. The number of aliphatic hydroxyl groups excluding tert-OH is 1. The third-order valence-electron chi connectivity index (χ3n) is 3.84. The molecule has 1 aliphatic carbocycles. The molecule has 0 unspecified atom stereocenters. The molecule has 1 aromatic rings. The highest BCUT2D eigenvalue weighted by Gasteiger charge is 2.37. The molecule has 0 spiro atoms. The number of benzene rings is 1. The van der Waals surface area contributed by atoms with Gasteiger partial charge < -0.3 is 15.5 Å². The second kappa shape index (κ2) is 5.09. The van der Waals surface area contributed by atoms with Crippen molar-refractivity contribution in [2.75, 3.05) is 11.9 Å². The van der Waals surface area contributed by atoms with Gasteiger partial charge in [-0.1, -0.05) is 0 Å². The third-order valence-corrected chi connectivity index (χ3v) is 3.84. The van der Waals surface area contributed by atoms with Crippen molar-refractivity contribution in [3.8, 4) is 0 Å². The minimum Gasteiger partial charge on any atom is -0.478 e. The van der Waals surface area contributed by atoms with Crippen molar-refractivity contribution in [2.45, 2.75) is 31.7 Å². The van der Waals surface area contributed by atoms with Crippen molar-refractivity contribution in [3.63, 3.8) is 0 Å². The minimum absolute atomic E-state index is 0.0858. The summed E-state index contributed by atoms with van der Waals surface area (Å²) in [5.41, 5.74) is -0.0995. The Morgan fingerprint density at radius 2 is 2.15 bits per heavy atom. The van der Waals surface area contributed by atoms with E-state index in [0.29, 0.717) is 11.3 Å². The average Bonchev–Trinajstić information content (AvgIpc) is 2.34. The van der Waals surface area contributed by atoms with Crippen LogP contribution in [0.5, 0.6) is 0 Å². The second-order valence-corrected chi connectivity index (χ2v) is 5.15. The number of rotatable bonds is 5. The van der Waals surface area contributed by atoms with Gasteiger partial charge in [0.1, 0.15) is 0 Å². The predicted octanol–water partition coefficient (Wildman–Crippen LogP) is 1.93. The highest BCUT2D eigenvalue weighted by Crippen LogP contribution is 2.37. The maximum Gasteiger partial charge on any atom is 0.336 e. The van der Waals surface area contributed by atoms with E-state index in [1.54, 1.807) is 6.92 Å². The standard InChI is InChI=1S/C13H16N2O5/c1-8-10(14-13(7-16)3-2-4-13)5-9(12(17)18)6-11(8)15(19)20/h5-6,14,16H,2-4,7H2,1H3,(H,17,18). The van der Waals surface area contributed by atoms with Gasteiger partial charge in [0.25, 0.3) is 5.69 Å². The van der Waals surface area contributed by atoms with E-state index < -0.39 is 16.4 Å². The molecule has 1 saturated carbocycles. The van der Waals surface area contributed by atoms with E-state index in [0.717, 1.165) is 25.3 Å². The lowest BCUT2D eigenvalue weighted by molar-refractivity contribution is -0.385. The molecule has 0 saturated heterocycles. The van der Waals surface area contributed by atoms with Crippen molar-refractivity contribution in [2.24, 2.45) is 0 Å². The number of carboxylic acid groups (broad SMARTS) is 1. The van der Waals surface area contributed by atoms with Gasteiger partial charge in [0.2, 0.25) is 0 Å². The van der Waals surface area contributed by atoms with Crippen LogP contribution >= 0.6 is 0 Å². The van der Waals surface area contributed by atoms with Crippen LogP contribution in [0.25, 0.3) is 0 Å². The number of carbonyl (C=O) groups is 1. The molecular formula is C13H16N2O5. The molecule has 0 atom stereocenters. The maximum absolute atomic E-state index is 11.1. The van der Waals surface area contributed by atoms with E-state index in [4.69, 9.17) is 5.11 Å². The molecule has 0 heterocycles. The lowest BCUT2D eigenvalue weighted by Crippen LogP contribution is -2.48. The molecule has 7 nitrogen and oxygen atoms in total. The Labute approximate surface area is 115 Å². The van der Waals surface area contributed by atoms with Crippen LogP contribution in [-0.2, 0) is 0 Å². The van der Waals surface area contributed by atoms with Gasteiger partial charge in [-0.05, 0) is 32.3 Å². The summed E-state index contributed by atoms with van der Waals surface area (Å²) in [5.74, 6) is -1.22. The number of nitrogens with zero attached hydrogens (tertiary/aromatic N) is 1. The van der Waals surface area contributed by atoms with Crippen LogP contribution in [0.3, 0.4) is 0 Å². The van der Waals surface area contributed by atoms with Crippen molar-refractivity contribution in [1.29, 1.82) is 0 Å². The summed E-state index contributed by atoms with van der Waals surface area (Å²) >= 11 is 0. The predicted molar refractivity (Wildman–Crippen MR) is 72.1 cm³/mol. The lowest BCUT2D eigenvalue weighted by atomic mass is 9.77. The topological polar surface area (TPSA) is 113 Å². The lowest BCUT2D eigenvalue weighted by Gasteiger charge is -2.42. The summed E-state index contributed by atoms with van der Waals surface area (Å²) in [6, 6.07) is 2.43. The van der Waals surface area contributed by atoms with Crippen molar-refractivity contribution < 1.29 is 19.9 Å². The fraction of sp³-hybridized carbons (Fsp3) is 0.462. The number of hydrogen-bond acceptors (Lipinski definition) is 5. The van der Waals surface area contributed by atoms with Gasteiger partial charge >= 0.3 is 5.97 Å². The van der Waals surface area contributed by atoms with Gasteiger partial charge in [-0.25, -0.2) is 4.79 Å². The van der Waals surface area contributed by atoms with E-state index in [9.17, 15) is 20.0 Å². The molecule has 1 fully saturated rings. The molecule has 7 heteroatoms. The highest BCUT2D eigenvalue weighted by molar-refractivity contribution is 5.90. The van der Waals surface area contributed by atoms with Crippen LogP contribution < -0.4 is 5.32 Å². The summed E-state index contributed by atoms with van der Waals surface area (Å²) in [5, 5.41) is 32.6. The van der Waals surface area contributed by atoms with E-state index in [1.807, 2.05) is 0 Å². The van der Waals surface area contributed by atoms with E-state index >= 15 is 0 Å². The summed E-state index contributed by atoms with van der Waals surface area (Å²) in [7, 11) is 0. The molecule has 3 N–H and O–H groups in total. The molecule has 108 valence electrons. The fourth-order valence-corrected chi connectivity index (χ4v) is 2.35. The van der Waals surface area contributed by atoms with Crippen molar-refractivity contribution >= 4 is 17.3 Å². The summed E-state index contributed by atoms with van der Waals surface area (Å²) in [4.78, 5) is 21.5. The normalized spacial score (nSPS) is 16.3. The van der Waals surface area contributed by atoms with Gasteiger partial charge in [0.05, 0.1) is 22.6 Å². The SMILES string of the molecule is Cc1c(NC2(CO)CCC2)cc(C(=O)O)cc1[N+](=O)[O-]. The molecule has 0 amide bonds. The van der Waals surface area contributed by atoms with Crippen LogP contribution in [0.15, 0.2) is 12.1 Å².